The summed E-state index contributed by atoms with van der Waals surface area (Å²) in [6, 6.07) is 2.96. The Balaban J connectivity index is 1.51. The van der Waals surface area contributed by atoms with Gasteiger partial charge in [0.05, 0.1) is 11.1 Å². The number of hydrogen-bond acceptors (Lipinski definition) is 9. The van der Waals surface area contributed by atoms with Crippen LogP contribution in [0.4, 0.5) is 5.82 Å². The minimum atomic E-state index is -0.750. The lowest BCUT2D eigenvalue weighted by atomic mass is 9.62. The van der Waals surface area contributed by atoms with Crippen molar-refractivity contribution < 1.29 is 14.6 Å². The van der Waals surface area contributed by atoms with Gasteiger partial charge in [-0.3, -0.25) is 9.69 Å². The quantitative estimate of drug-likeness (QED) is 0.493. The second-order valence-electron chi connectivity index (χ2n) is 12.0. The van der Waals surface area contributed by atoms with E-state index in [-0.39, 0.29) is 23.7 Å². The molecule has 0 bridgehead atoms. The zero-order valence-corrected chi connectivity index (χ0v) is 23.4. The maximum atomic E-state index is 13.0. The largest absolute Gasteiger partial charge is 0.505 e. The van der Waals surface area contributed by atoms with Crippen molar-refractivity contribution in [3.63, 3.8) is 0 Å². The summed E-state index contributed by atoms with van der Waals surface area (Å²) in [5.74, 6) is 0.863. The molecule has 9 nitrogen and oxygen atoms in total. The van der Waals surface area contributed by atoms with E-state index in [1.165, 1.54) is 0 Å². The number of aliphatic hydroxyl groups is 1. The highest BCUT2D eigenvalue weighted by Crippen LogP contribution is 2.46. The normalized spacial score (nSPS) is 33.1. The fourth-order valence-corrected chi connectivity index (χ4v) is 7.15. The highest BCUT2D eigenvalue weighted by atomic mass is 16.5. The SMILES string of the molecule is C[C@H](Oc1nc(/C(O)=C2\CCC[C@@]3(CCCCC3=O)C2=N)cc(N2C[C@H](C)N[C@@H](C)C2)n1)[C@@H]1CCCN1C. The molecule has 208 valence electrons. The third-order valence-corrected chi connectivity index (χ3v) is 9.11. The Morgan fingerprint density at radius 2 is 1.89 bits per heavy atom. The monoisotopic (exact) mass is 524 g/mol. The van der Waals surface area contributed by atoms with E-state index < -0.39 is 5.41 Å². The molecule has 2 saturated heterocycles. The molecule has 5 atom stereocenters. The van der Waals surface area contributed by atoms with Crippen molar-refractivity contribution in [3.05, 3.63) is 17.3 Å². The van der Waals surface area contributed by atoms with Gasteiger partial charge < -0.3 is 25.5 Å². The predicted octanol–water partition coefficient (Wildman–Crippen LogP) is 4.13. The smallest absolute Gasteiger partial charge is 0.319 e. The van der Waals surface area contributed by atoms with Gasteiger partial charge in [-0.1, -0.05) is 6.42 Å². The van der Waals surface area contributed by atoms with E-state index >= 15 is 0 Å². The number of carbonyl (C=O) groups excluding carboxylic acids is 1. The molecule has 3 heterocycles. The Kier molecular flexibility index (Phi) is 7.78. The Hall–Kier alpha value is -2.52. The van der Waals surface area contributed by atoms with E-state index in [4.69, 9.17) is 15.1 Å². The van der Waals surface area contributed by atoms with Gasteiger partial charge in [0.2, 0.25) is 0 Å². The first kappa shape index (κ1) is 27.1. The van der Waals surface area contributed by atoms with E-state index in [1.807, 2.05) is 6.07 Å². The van der Waals surface area contributed by atoms with Crippen molar-refractivity contribution in [2.75, 3.05) is 31.6 Å². The number of aliphatic hydroxyl groups excluding tert-OH is 1. The molecule has 2 aliphatic carbocycles. The van der Waals surface area contributed by atoms with Crippen LogP contribution in [0, 0.1) is 10.8 Å². The van der Waals surface area contributed by atoms with Gasteiger partial charge in [-0.2, -0.15) is 9.97 Å². The zero-order valence-electron chi connectivity index (χ0n) is 23.4. The number of Topliss-reactive ketones (excluding diaryl/α,β-unsaturated/α-hetero) is 1. The van der Waals surface area contributed by atoms with Crippen LogP contribution < -0.4 is 15.0 Å². The molecule has 0 radical (unpaired) electrons. The van der Waals surface area contributed by atoms with Crippen molar-refractivity contribution >= 4 is 23.1 Å². The maximum Gasteiger partial charge on any atom is 0.319 e. The molecule has 9 heteroatoms. The number of nitrogens with one attached hydrogen (secondary N) is 2. The summed E-state index contributed by atoms with van der Waals surface area (Å²) < 4.78 is 6.34. The third-order valence-electron chi connectivity index (χ3n) is 9.11. The number of hydrogen-bond donors (Lipinski definition) is 3. The first-order valence-corrected chi connectivity index (χ1v) is 14.5. The van der Waals surface area contributed by atoms with Crippen LogP contribution in [-0.2, 0) is 4.79 Å². The summed E-state index contributed by atoms with van der Waals surface area (Å²) in [5, 5.41) is 24.2. The number of nitrogens with zero attached hydrogens (tertiary/aromatic N) is 4. The lowest BCUT2D eigenvalue weighted by molar-refractivity contribution is -0.128. The Morgan fingerprint density at radius 3 is 2.58 bits per heavy atom. The molecule has 4 fully saturated rings. The lowest BCUT2D eigenvalue weighted by Crippen LogP contribution is -2.54. The van der Waals surface area contributed by atoms with Crippen molar-refractivity contribution in [1.82, 2.24) is 20.2 Å². The van der Waals surface area contributed by atoms with E-state index in [2.05, 4.69) is 47.9 Å². The molecule has 0 unspecified atom stereocenters. The van der Waals surface area contributed by atoms with Crippen molar-refractivity contribution in [3.8, 4) is 6.01 Å². The maximum absolute atomic E-state index is 13.0. The van der Waals surface area contributed by atoms with Crippen LogP contribution >= 0.6 is 0 Å². The molecule has 0 aromatic carbocycles. The molecule has 2 aliphatic heterocycles. The van der Waals surface area contributed by atoms with Crippen LogP contribution in [0.1, 0.15) is 84.3 Å². The number of ether oxygens (including phenoxy) is 1. The molecular formula is C29H44N6O3. The number of likely N-dealkylation sites (tertiary alicyclic amines) is 1. The van der Waals surface area contributed by atoms with Crippen molar-refractivity contribution in [2.45, 2.75) is 103 Å². The predicted molar refractivity (Wildman–Crippen MR) is 149 cm³/mol. The molecule has 4 aliphatic rings. The molecule has 1 spiro atoms. The molecule has 2 saturated carbocycles. The van der Waals surface area contributed by atoms with Crippen molar-refractivity contribution in [1.29, 1.82) is 5.41 Å². The zero-order chi connectivity index (χ0) is 27.0. The molecular weight excluding hydrogens is 480 g/mol. The third kappa shape index (κ3) is 5.19. The molecule has 1 aromatic heterocycles. The summed E-state index contributed by atoms with van der Waals surface area (Å²) in [5.41, 5.74) is 0.461. The van der Waals surface area contributed by atoms with Gasteiger partial charge in [0.25, 0.3) is 0 Å². The summed E-state index contributed by atoms with van der Waals surface area (Å²) >= 11 is 0. The van der Waals surface area contributed by atoms with E-state index in [0.717, 1.165) is 57.6 Å². The minimum absolute atomic E-state index is 0.0113. The molecule has 0 amide bonds. The number of carbonyl (C=O) groups is 1. The van der Waals surface area contributed by atoms with Crippen molar-refractivity contribution in [2.24, 2.45) is 5.41 Å². The average molecular weight is 525 g/mol. The van der Waals surface area contributed by atoms with Crippen LogP contribution in [0.3, 0.4) is 0 Å². The second kappa shape index (κ2) is 10.9. The van der Waals surface area contributed by atoms with E-state index in [0.29, 0.717) is 60.8 Å². The number of anilines is 1. The van der Waals surface area contributed by atoms with Crippen LogP contribution in [-0.4, -0.2) is 82.4 Å². The van der Waals surface area contributed by atoms with Gasteiger partial charge in [0.15, 0.2) is 0 Å². The molecule has 38 heavy (non-hydrogen) atoms. The minimum Gasteiger partial charge on any atom is -0.505 e. The number of likely N-dealkylation sites (N-methyl/N-ethyl adjacent to an activating group) is 1. The Bertz CT molecular complexity index is 1090. The fraction of sp³-hybridized carbons (Fsp3) is 0.724. The highest BCUT2D eigenvalue weighted by Gasteiger charge is 2.47. The number of rotatable bonds is 5. The fourth-order valence-electron chi connectivity index (χ4n) is 7.15. The van der Waals surface area contributed by atoms with Gasteiger partial charge in [-0.05, 0) is 79.3 Å². The number of allylic oxidation sites excluding steroid dienone is 1. The number of ketones is 1. The number of aromatic nitrogens is 2. The van der Waals surface area contributed by atoms with Crippen LogP contribution in [0.15, 0.2) is 11.6 Å². The van der Waals surface area contributed by atoms with Gasteiger partial charge in [-0.25, -0.2) is 0 Å². The van der Waals surface area contributed by atoms with Crippen LogP contribution in [0.2, 0.25) is 0 Å². The van der Waals surface area contributed by atoms with Gasteiger partial charge in [-0.15, -0.1) is 0 Å². The van der Waals surface area contributed by atoms with Gasteiger partial charge in [0, 0.05) is 49.3 Å². The number of piperazine rings is 1. The van der Waals surface area contributed by atoms with Gasteiger partial charge >= 0.3 is 6.01 Å². The van der Waals surface area contributed by atoms with Crippen LogP contribution in [0.25, 0.3) is 5.76 Å². The first-order chi connectivity index (χ1) is 18.2. The van der Waals surface area contributed by atoms with Crippen LogP contribution in [0.5, 0.6) is 6.01 Å². The molecule has 5 rings (SSSR count). The topological polar surface area (TPSA) is 115 Å². The standard InChI is InChI=1S/C29H44N6O3/c1-18-16-35(17-19(2)31-18)25-15-22(32-28(33-25)38-20(3)23-10-8-14-34(23)4)26(37)21-9-7-13-29(27(21)30)12-6-5-11-24(29)36/h15,18-20,23,30-31,37H,5-14,16-17H2,1-4H3/b26-21-,30-27?/t18-,19-,20-,23-,29+/m0/s1. The van der Waals surface area contributed by atoms with Gasteiger partial charge in [0.1, 0.15) is 29.2 Å². The molecule has 3 N–H and O–H groups in total. The van der Waals surface area contributed by atoms with E-state index in [9.17, 15) is 9.90 Å². The highest BCUT2D eigenvalue weighted by molar-refractivity contribution is 6.18. The summed E-state index contributed by atoms with van der Waals surface area (Å²) in [6.45, 7) is 8.99. The summed E-state index contributed by atoms with van der Waals surface area (Å²) in [4.78, 5) is 27.1. The second-order valence-corrected chi connectivity index (χ2v) is 12.0. The van der Waals surface area contributed by atoms with E-state index in [1.54, 1.807) is 0 Å². The molecule has 1 aromatic rings. The lowest BCUT2D eigenvalue weighted by Gasteiger charge is -2.40. The Morgan fingerprint density at radius 1 is 1.16 bits per heavy atom. The Labute approximate surface area is 226 Å². The summed E-state index contributed by atoms with van der Waals surface area (Å²) in [6.07, 6.45) is 7.24. The summed E-state index contributed by atoms with van der Waals surface area (Å²) in [7, 11) is 2.12. The average Bonchev–Trinajstić information content (AvgIpc) is 3.32. The first-order valence-electron chi connectivity index (χ1n) is 14.5.